The number of H-pyrrole nitrogens is 1. The highest BCUT2D eigenvalue weighted by Gasteiger charge is 2.16. The number of nitrogens with zero attached hydrogens (tertiary/aromatic N) is 2. The van der Waals surface area contributed by atoms with Crippen LogP contribution in [0.1, 0.15) is 26.5 Å². The van der Waals surface area contributed by atoms with Gasteiger partial charge in [-0.25, -0.2) is 4.79 Å². The molecule has 6 nitrogen and oxygen atoms in total. The Hall–Kier alpha value is -2.41. The third-order valence-electron chi connectivity index (χ3n) is 2.89. The van der Waals surface area contributed by atoms with Gasteiger partial charge in [0.25, 0.3) is 5.91 Å². The molecule has 2 N–H and O–H groups in total. The Bertz CT molecular complexity index is 687. The van der Waals surface area contributed by atoms with Crippen molar-refractivity contribution in [1.82, 2.24) is 15.1 Å². The van der Waals surface area contributed by atoms with E-state index in [1.165, 1.54) is 17.5 Å². The summed E-state index contributed by atoms with van der Waals surface area (Å²) in [5, 5.41) is 17.1. The number of aliphatic carboxylic acids is 1. The van der Waals surface area contributed by atoms with Crippen molar-refractivity contribution >= 4 is 29.3 Å². The lowest BCUT2D eigenvalue weighted by Gasteiger charge is -2.15. The second-order valence-corrected chi connectivity index (χ2v) is 5.54. The fourth-order valence-electron chi connectivity index (χ4n) is 1.84. The maximum atomic E-state index is 12.2. The van der Waals surface area contributed by atoms with E-state index >= 15 is 0 Å². The van der Waals surface area contributed by atoms with Gasteiger partial charge in [0.05, 0.1) is 11.8 Å². The first-order chi connectivity index (χ1) is 9.97. The molecular formula is C14H15N3O3S. The van der Waals surface area contributed by atoms with Crippen molar-refractivity contribution < 1.29 is 14.7 Å². The molecule has 0 fully saturated rings. The molecule has 2 aromatic heterocycles. The molecule has 0 spiro atoms. The summed E-state index contributed by atoms with van der Waals surface area (Å²) < 4.78 is 0. The van der Waals surface area contributed by atoms with Gasteiger partial charge in [-0.05, 0) is 30.0 Å². The van der Waals surface area contributed by atoms with Gasteiger partial charge in [-0.2, -0.15) is 5.10 Å². The second kappa shape index (κ2) is 6.36. The summed E-state index contributed by atoms with van der Waals surface area (Å²) in [7, 11) is 1.72. The van der Waals surface area contributed by atoms with Gasteiger partial charge < -0.3 is 10.0 Å². The van der Waals surface area contributed by atoms with Crippen molar-refractivity contribution in [2.24, 2.45) is 0 Å². The lowest BCUT2D eigenvalue weighted by molar-refractivity contribution is -0.131. The number of carboxylic acid groups (broad SMARTS) is 1. The third-order valence-corrected chi connectivity index (χ3v) is 3.84. The van der Waals surface area contributed by atoms with Crippen LogP contribution in [0.2, 0.25) is 0 Å². The highest BCUT2D eigenvalue weighted by Crippen LogP contribution is 2.18. The SMILES string of the molecule is Cc1[nH]ncc1C(=O)N(C)Cc1csc(C=CC(=O)O)c1. The van der Waals surface area contributed by atoms with Gasteiger partial charge >= 0.3 is 5.97 Å². The number of hydrogen-bond donors (Lipinski definition) is 2. The quantitative estimate of drug-likeness (QED) is 0.829. The van der Waals surface area contributed by atoms with Crippen LogP contribution in [0.3, 0.4) is 0 Å². The molecule has 0 bridgehead atoms. The van der Waals surface area contributed by atoms with Crippen molar-refractivity contribution in [3.05, 3.63) is 45.4 Å². The van der Waals surface area contributed by atoms with E-state index in [0.717, 1.165) is 22.2 Å². The Morgan fingerprint density at radius 2 is 2.29 bits per heavy atom. The Morgan fingerprint density at radius 1 is 1.52 bits per heavy atom. The smallest absolute Gasteiger partial charge is 0.328 e. The van der Waals surface area contributed by atoms with Crippen LogP contribution in [-0.2, 0) is 11.3 Å². The molecular weight excluding hydrogens is 290 g/mol. The molecule has 2 rings (SSSR count). The van der Waals surface area contributed by atoms with E-state index < -0.39 is 5.97 Å². The summed E-state index contributed by atoms with van der Waals surface area (Å²) >= 11 is 1.44. The summed E-state index contributed by atoms with van der Waals surface area (Å²) in [6.45, 7) is 2.26. The number of nitrogens with one attached hydrogen (secondary N) is 1. The Balaban J connectivity index is 2.03. The van der Waals surface area contributed by atoms with Gasteiger partial charge in [0, 0.05) is 30.2 Å². The van der Waals surface area contributed by atoms with Crippen LogP contribution in [0.4, 0.5) is 0 Å². The number of amides is 1. The molecule has 2 aromatic rings. The lowest BCUT2D eigenvalue weighted by atomic mass is 10.2. The summed E-state index contributed by atoms with van der Waals surface area (Å²) in [5.41, 5.74) is 2.25. The second-order valence-electron chi connectivity index (χ2n) is 4.60. The van der Waals surface area contributed by atoms with E-state index in [4.69, 9.17) is 5.11 Å². The first-order valence-electron chi connectivity index (χ1n) is 6.21. The van der Waals surface area contributed by atoms with E-state index in [2.05, 4.69) is 10.2 Å². The van der Waals surface area contributed by atoms with Crippen molar-refractivity contribution in [3.8, 4) is 0 Å². The molecule has 1 amide bonds. The summed E-state index contributed by atoms with van der Waals surface area (Å²) in [6, 6.07) is 1.87. The van der Waals surface area contributed by atoms with Gasteiger partial charge in [0.1, 0.15) is 0 Å². The Morgan fingerprint density at radius 3 is 2.90 bits per heavy atom. The van der Waals surface area contributed by atoms with E-state index in [1.54, 1.807) is 24.9 Å². The van der Waals surface area contributed by atoms with Gasteiger partial charge in [-0.15, -0.1) is 11.3 Å². The van der Waals surface area contributed by atoms with Crippen molar-refractivity contribution in [3.63, 3.8) is 0 Å². The minimum atomic E-state index is -0.979. The number of carboxylic acids is 1. The fraction of sp³-hybridized carbons (Fsp3) is 0.214. The fourth-order valence-corrected chi connectivity index (χ4v) is 2.63. The number of carbonyl (C=O) groups is 2. The molecule has 0 saturated carbocycles. The molecule has 0 unspecified atom stereocenters. The van der Waals surface area contributed by atoms with Crippen LogP contribution >= 0.6 is 11.3 Å². The highest BCUT2D eigenvalue weighted by atomic mass is 32.1. The first-order valence-corrected chi connectivity index (χ1v) is 7.09. The zero-order valence-corrected chi connectivity index (χ0v) is 12.5. The topological polar surface area (TPSA) is 86.3 Å². The zero-order chi connectivity index (χ0) is 15.4. The van der Waals surface area contributed by atoms with E-state index in [1.807, 2.05) is 11.4 Å². The first kappa shape index (κ1) is 15.0. The standard InChI is InChI=1S/C14H15N3O3S/c1-9-12(6-15-16-9)14(20)17(2)7-10-5-11(21-8-10)3-4-13(18)19/h3-6,8H,7H2,1-2H3,(H,15,16)(H,18,19). The molecule has 0 aliphatic rings. The van der Waals surface area contributed by atoms with E-state index in [-0.39, 0.29) is 5.91 Å². The molecule has 2 heterocycles. The maximum Gasteiger partial charge on any atom is 0.328 e. The van der Waals surface area contributed by atoms with Crippen molar-refractivity contribution in [2.45, 2.75) is 13.5 Å². The third kappa shape index (κ3) is 3.79. The monoisotopic (exact) mass is 305 g/mol. The maximum absolute atomic E-state index is 12.2. The van der Waals surface area contributed by atoms with E-state index in [0.29, 0.717) is 12.1 Å². The number of hydrogen-bond acceptors (Lipinski definition) is 4. The van der Waals surface area contributed by atoms with Crippen LogP contribution in [0.15, 0.2) is 23.7 Å². The van der Waals surface area contributed by atoms with Crippen LogP contribution < -0.4 is 0 Å². The predicted octanol–water partition coefficient (Wildman–Crippen LogP) is 2.15. The normalized spacial score (nSPS) is 11.0. The van der Waals surface area contributed by atoms with Crippen molar-refractivity contribution in [1.29, 1.82) is 0 Å². The van der Waals surface area contributed by atoms with Crippen LogP contribution in [0.25, 0.3) is 6.08 Å². The Kier molecular flexibility index (Phi) is 4.54. The average molecular weight is 305 g/mol. The Labute approximate surface area is 125 Å². The minimum absolute atomic E-state index is 0.102. The molecule has 0 aromatic carbocycles. The molecule has 0 aliphatic heterocycles. The van der Waals surface area contributed by atoms with Crippen LogP contribution in [-0.4, -0.2) is 39.1 Å². The zero-order valence-electron chi connectivity index (χ0n) is 11.7. The van der Waals surface area contributed by atoms with Crippen LogP contribution in [0.5, 0.6) is 0 Å². The van der Waals surface area contributed by atoms with Gasteiger partial charge in [-0.1, -0.05) is 0 Å². The molecule has 0 radical (unpaired) electrons. The number of aryl methyl sites for hydroxylation is 1. The molecule has 21 heavy (non-hydrogen) atoms. The number of carbonyl (C=O) groups excluding carboxylic acids is 1. The highest BCUT2D eigenvalue weighted by molar-refractivity contribution is 7.11. The van der Waals surface area contributed by atoms with Crippen LogP contribution in [0, 0.1) is 6.92 Å². The molecule has 7 heteroatoms. The summed E-state index contributed by atoms with van der Waals surface area (Å²) in [4.78, 5) is 25.1. The van der Waals surface area contributed by atoms with Crippen molar-refractivity contribution in [2.75, 3.05) is 7.05 Å². The van der Waals surface area contributed by atoms with Gasteiger partial charge in [0.15, 0.2) is 0 Å². The summed E-state index contributed by atoms with van der Waals surface area (Å²) in [5.74, 6) is -1.08. The number of aromatic amines is 1. The molecule has 0 aliphatic carbocycles. The molecule has 0 saturated heterocycles. The largest absolute Gasteiger partial charge is 0.478 e. The predicted molar refractivity (Wildman–Crippen MR) is 80.1 cm³/mol. The van der Waals surface area contributed by atoms with E-state index in [9.17, 15) is 9.59 Å². The molecule has 0 atom stereocenters. The minimum Gasteiger partial charge on any atom is -0.478 e. The molecule has 110 valence electrons. The number of aromatic nitrogens is 2. The van der Waals surface area contributed by atoms with Gasteiger partial charge in [0.2, 0.25) is 0 Å². The summed E-state index contributed by atoms with van der Waals surface area (Å²) in [6.07, 6.45) is 4.15. The lowest BCUT2D eigenvalue weighted by Crippen LogP contribution is -2.26. The average Bonchev–Trinajstić information content (AvgIpc) is 3.04. The van der Waals surface area contributed by atoms with Gasteiger partial charge in [-0.3, -0.25) is 9.89 Å². The number of rotatable bonds is 5. The number of thiophene rings is 1.